The van der Waals surface area contributed by atoms with Gasteiger partial charge in [-0.15, -0.1) is 5.10 Å². The minimum Gasteiger partial charge on any atom is -0.354 e. The SMILES string of the molecule is Cc1nc(SCC(=O)NC[C@H]2CCCN2)n[nH]1. The average molecular weight is 255 g/mol. The van der Waals surface area contributed by atoms with Gasteiger partial charge in [0, 0.05) is 12.6 Å². The quantitative estimate of drug-likeness (QED) is 0.649. The molecule has 6 nitrogen and oxygen atoms in total. The summed E-state index contributed by atoms with van der Waals surface area (Å²) in [5.74, 6) is 1.17. The molecule has 1 saturated heterocycles. The molecule has 1 aliphatic rings. The number of amides is 1. The summed E-state index contributed by atoms with van der Waals surface area (Å²) >= 11 is 1.35. The standard InChI is InChI=1S/C10H17N5OS/c1-7-13-10(15-14-7)17-6-9(16)12-5-8-3-2-4-11-8/h8,11H,2-6H2,1H3,(H,12,16)(H,13,14,15)/t8-/m1/s1. The van der Waals surface area contributed by atoms with Gasteiger partial charge < -0.3 is 10.6 Å². The van der Waals surface area contributed by atoms with Crippen molar-refractivity contribution in [1.29, 1.82) is 0 Å². The third-order valence-electron chi connectivity index (χ3n) is 2.62. The molecule has 0 aromatic carbocycles. The van der Waals surface area contributed by atoms with E-state index in [1.807, 2.05) is 6.92 Å². The molecule has 2 heterocycles. The van der Waals surface area contributed by atoms with Crippen molar-refractivity contribution in [1.82, 2.24) is 25.8 Å². The Kier molecular flexibility index (Phi) is 4.38. The van der Waals surface area contributed by atoms with Crippen molar-refractivity contribution in [3.05, 3.63) is 5.82 Å². The van der Waals surface area contributed by atoms with Gasteiger partial charge in [0.05, 0.1) is 5.75 Å². The van der Waals surface area contributed by atoms with Crippen molar-refractivity contribution in [2.75, 3.05) is 18.8 Å². The van der Waals surface area contributed by atoms with Gasteiger partial charge in [-0.1, -0.05) is 11.8 Å². The maximum absolute atomic E-state index is 11.6. The number of aromatic amines is 1. The maximum atomic E-state index is 11.6. The predicted molar refractivity (Wildman–Crippen MR) is 65.9 cm³/mol. The lowest BCUT2D eigenvalue weighted by Crippen LogP contribution is -2.37. The van der Waals surface area contributed by atoms with Crippen LogP contribution < -0.4 is 10.6 Å². The fraction of sp³-hybridized carbons (Fsp3) is 0.700. The third-order valence-corrected chi connectivity index (χ3v) is 3.46. The first-order valence-corrected chi connectivity index (χ1v) is 6.74. The Morgan fingerprint density at radius 3 is 3.18 bits per heavy atom. The van der Waals surface area contributed by atoms with E-state index in [1.165, 1.54) is 18.2 Å². The van der Waals surface area contributed by atoms with Gasteiger partial charge in [-0.05, 0) is 26.3 Å². The van der Waals surface area contributed by atoms with E-state index in [0.717, 1.165) is 18.8 Å². The molecule has 0 aliphatic carbocycles. The summed E-state index contributed by atoms with van der Waals surface area (Å²) in [4.78, 5) is 15.7. The predicted octanol–water partition coefficient (Wildman–Crippen LogP) is 0.0734. The van der Waals surface area contributed by atoms with Crippen molar-refractivity contribution in [3.8, 4) is 0 Å². The molecule has 0 unspecified atom stereocenters. The first-order valence-electron chi connectivity index (χ1n) is 5.76. The first-order chi connectivity index (χ1) is 8.24. The van der Waals surface area contributed by atoms with Crippen LogP contribution in [0.5, 0.6) is 0 Å². The molecule has 1 fully saturated rings. The normalized spacial score (nSPS) is 19.5. The molecule has 1 aromatic heterocycles. The number of aryl methyl sites for hydroxylation is 1. The number of H-pyrrole nitrogens is 1. The number of carbonyl (C=O) groups excluding carboxylic acids is 1. The van der Waals surface area contributed by atoms with Crippen LogP contribution in [-0.4, -0.2) is 46.0 Å². The van der Waals surface area contributed by atoms with Gasteiger partial charge >= 0.3 is 0 Å². The number of aromatic nitrogens is 3. The van der Waals surface area contributed by atoms with E-state index < -0.39 is 0 Å². The van der Waals surface area contributed by atoms with Gasteiger partial charge in [-0.3, -0.25) is 9.89 Å². The van der Waals surface area contributed by atoms with Crippen LogP contribution in [0.25, 0.3) is 0 Å². The van der Waals surface area contributed by atoms with Crippen molar-refractivity contribution in [2.45, 2.75) is 31.0 Å². The Hall–Kier alpha value is -1.08. The van der Waals surface area contributed by atoms with Crippen molar-refractivity contribution >= 4 is 17.7 Å². The number of hydrogen-bond acceptors (Lipinski definition) is 5. The molecule has 2 rings (SSSR count). The zero-order valence-electron chi connectivity index (χ0n) is 9.82. The van der Waals surface area contributed by atoms with Gasteiger partial charge in [0.15, 0.2) is 0 Å². The molecule has 0 spiro atoms. The van der Waals surface area contributed by atoms with E-state index in [2.05, 4.69) is 25.8 Å². The molecular weight excluding hydrogens is 238 g/mol. The minimum atomic E-state index is 0.0335. The van der Waals surface area contributed by atoms with Crippen LogP contribution in [0.15, 0.2) is 5.16 Å². The zero-order chi connectivity index (χ0) is 12.1. The smallest absolute Gasteiger partial charge is 0.230 e. The highest BCUT2D eigenvalue weighted by Crippen LogP contribution is 2.11. The summed E-state index contributed by atoms with van der Waals surface area (Å²) in [6.07, 6.45) is 2.35. The van der Waals surface area contributed by atoms with E-state index in [4.69, 9.17) is 0 Å². The van der Waals surface area contributed by atoms with Gasteiger partial charge in [0.2, 0.25) is 11.1 Å². The monoisotopic (exact) mass is 255 g/mol. The van der Waals surface area contributed by atoms with Crippen LogP contribution >= 0.6 is 11.8 Å². The summed E-state index contributed by atoms with van der Waals surface area (Å²) in [5, 5.41) is 13.6. The van der Waals surface area contributed by atoms with Crippen LogP contribution in [0.1, 0.15) is 18.7 Å². The molecule has 3 N–H and O–H groups in total. The van der Waals surface area contributed by atoms with Crippen LogP contribution in [-0.2, 0) is 4.79 Å². The Balaban J connectivity index is 1.63. The highest BCUT2D eigenvalue weighted by Gasteiger charge is 2.14. The summed E-state index contributed by atoms with van der Waals surface area (Å²) < 4.78 is 0. The second-order valence-electron chi connectivity index (χ2n) is 4.09. The molecule has 1 aliphatic heterocycles. The second-order valence-corrected chi connectivity index (χ2v) is 5.03. The van der Waals surface area contributed by atoms with Gasteiger partial charge in [0.25, 0.3) is 0 Å². The zero-order valence-corrected chi connectivity index (χ0v) is 10.6. The first kappa shape index (κ1) is 12.4. The molecule has 94 valence electrons. The highest BCUT2D eigenvalue weighted by molar-refractivity contribution is 7.99. The molecule has 0 radical (unpaired) electrons. The molecule has 17 heavy (non-hydrogen) atoms. The van der Waals surface area contributed by atoms with E-state index in [0.29, 0.717) is 23.5 Å². The van der Waals surface area contributed by atoms with E-state index in [-0.39, 0.29) is 5.91 Å². The molecule has 1 amide bonds. The number of carbonyl (C=O) groups is 1. The summed E-state index contributed by atoms with van der Waals surface area (Å²) in [5.41, 5.74) is 0. The van der Waals surface area contributed by atoms with E-state index in [1.54, 1.807) is 0 Å². The average Bonchev–Trinajstić information content (AvgIpc) is 2.95. The molecular formula is C10H17N5OS. The maximum Gasteiger partial charge on any atom is 0.230 e. The Morgan fingerprint density at radius 2 is 2.53 bits per heavy atom. The molecule has 0 bridgehead atoms. The van der Waals surface area contributed by atoms with Crippen molar-refractivity contribution in [3.63, 3.8) is 0 Å². The van der Waals surface area contributed by atoms with Crippen molar-refractivity contribution in [2.24, 2.45) is 0 Å². The Morgan fingerprint density at radius 1 is 1.65 bits per heavy atom. The lowest BCUT2D eigenvalue weighted by atomic mass is 10.2. The van der Waals surface area contributed by atoms with Gasteiger partial charge in [0.1, 0.15) is 5.82 Å². The number of nitrogens with one attached hydrogen (secondary N) is 3. The third kappa shape index (κ3) is 4.01. The van der Waals surface area contributed by atoms with E-state index >= 15 is 0 Å². The fourth-order valence-electron chi connectivity index (χ4n) is 1.74. The minimum absolute atomic E-state index is 0.0335. The summed E-state index contributed by atoms with van der Waals surface area (Å²) in [6.45, 7) is 3.61. The van der Waals surface area contributed by atoms with Crippen molar-refractivity contribution < 1.29 is 4.79 Å². The fourth-order valence-corrected chi connectivity index (χ4v) is 2.41. The molecule has 7 heteroatoms. The molecule has 1 atom stereocenters. The van der Waals surface area contributed by atoms with E-state index in [9.17, 15) is 4.79 Å². The summed E-state index contributed by atoms with van der Waals surface area (Å²) in [7, 11) is 0. The lowest BCUT2D eigenvalue weighted by molar-refractivity contribution is -0.118. The largest absolute Gasteiger partial charge is 0.354 e. The highest BCUT2D eigenvalue weighted by atomic mass is 32.2. The Bertz CT molecular complexity index is 375. The Labute approximate surface area is 104 Å². The van der Waals surface area contributed by atoms with Crippen LogP contribution in [0, 0.1) is 6.92 Å². The van der Waals surface area contributed by atoms with Crippen LogP contribution in [0.2, 0.25) is 0 Å². The molecule has 1 aromatic rings. The number of nitrogens with zero attached hydrogens (tertiary/aromatic N) is 2. The number of hydrogen-bond donors (Lipinski definition) is 3. The van der Waals surface area contributed by atoms with Crippen LogP contribution in [0.4, 0.5) is 0 Å². The van der Waals surface area contributed by atoms with Crippen LogP contribution in [0.3, 0.4) is 0 Å². The summed E-state index contributed by atoms with van der Waals surface area (Å²) in [6, 6.07) is 0.440. The number of thioether (sulfide) groups is 1. The van der Waals surface area contributed by atoms with Gasteiger partial charge in [-0.2, -0.15) is 0 Å². The number of rotatable bonds is 5. The lowest BCUT2D eigenvalue weighted by Gasteiger charge is -2.10. The van der Waals surface area contributed by atoms with Gasteiger partial charge in [-0.25, -0.2) is 4.98 Å². The molecule has 0 saturated carbocycles. The second kappa shape index (κ2) is 6.02. The topological polar surface area (TPSA) is 82.7 Å².